The SMILES string of the molecule is CC(=O)N1CCN(c2ccc(NC(=O)c3nnc(NC(=O)C4(c5ccc(Cl)cc5)CCCCC4)o3)cc2)CC1. The minimum Gasteiger partial charge on any atom is -0.399 e. The Hall–Kier alpha value is -3.92. The van der Waals surface area contributed by atoms with Crippen LogP contribution in [0.15, 0.2) is 52.9 Å². The molecule has 39 heavy (non-hydrogen) atoms. The number of carbonyl (C=O) groups is 3. The molecule has 2 heterocycles. The molecule has 3 amide bonds. The lowest BCUT2D eigenvalue weighted by Crippen LogP contribution is -2.48. The van der Waals surface area contributed by atoms with Crippen molar-refractivity contribution in [1.82, 2.24) is 15.1 Å². The summed E-state index contributed by atoms with van der Waals surface area (Å²) in [4.78, 5) is 41.8. The van der Waals surface area contributed by atoms with Crippen LogP contribution >= 0.6 is 11.6 Å². The molecule has 3 aromatic rings. The Bertz CT molecular complexity index is 1330. The summed E-state index contributed by atoms with van der Waals surface area (Å²) in [6.45, 7) is 4.46. The molecule has 0 unspecified atom stereocenters. The van der Waals surface area contributed by atoms with E-state index in [1.807, 2.05) is 29.2 Å². The summed E-state index contributed by atoms with van der Waals surface area (Å²) < 4.78 is 5.50. The van der Waals surface area contributed by atoms with E-state index < -0.39 is 11.3 Å². The van der Waals surface area contributed by atoms with Gasteiger partial charge in [0, 0.05) is 49.5 Å². The topological polar surface area (TPSA) is 121 Å². The highest BCUT2D eigenvalue weighted by Gasteiger charge is 2.41. The number of nitrogens with zero attached hydrogens (tertiary/aromatic N) is 4. The van der Waals surface area contributed by atoms with Crippen molar-refractivity contribution in [3.8, 4) is 0 Å². The van der Waals surface area contributed by atoms with E-state index in [0.717, 1.165) is 43.6 Å². The van der Waals surface area contributed by atoms with Gasteiger partial charge in [0.05, 0.1) is 5.41 Å². The molecule has 2 fully saturated rings. The quantitative estimate of drug-likeness (QED) is 0.464. The number of halogens is 1. The summed E-state index contributed by atoms with van der Waals surface area (Å²) >= 11 is 6.07. The van der Waals surface area contributed by atoms with Crippen molar-refractivity contribution in [2.24, 2.45) is 0 Å². The molecule has 0 spiro atoms. The number of hydrogen-bond acceptors (Lipinski definition) is 7. The minimum atomic E-state index is -0.722. The van der Waals surface area contributed by atoms with Gasteiger partial charge in [-0.3, -0.25) is 19.7 Å². The second kappa shape index (κ2) is 11.4. The largest absolute Gasteiger partial charge is 0.399 e. The molecule has 2 N–H and O–H groups in total. The van der Waals surface area contributed by atoms with Crippen LogP contribution in [0.5, 0.6) is 0 Å². The number of piperazine rings is 1. The number of aromatic nitrogens is 2. The molecule has 1 aromatic heterocycles. The minimum absolute atomic E-state index is 0.0894. The summed E-state index contributed by atoms with van der Waals surface area (Å²) in [5.41, 5.74) is 1.75. The monoisotopic (exact) mass is 550 g/mol. The number of hydrogen-bond donors (Lipinski definition) is 2. The number of nitrogens with one attached hydrogen (secondary N) is 2. The highest BCUT2D eigenvalue weighted by molar-refractivity contribution is 6.30. The van der Waals surface area contributed by atoms with Crippen molar-refractivity contribution >= 4 is 46.7 Å². The van der Waals surface area contributed by atoms with Crippen molar-refractivity contribution in [2.75, 3.05) is 41.7 Å². The molecular formula is C28H31ClN6O4. The van der Waals surface area contributed by atoms with E-state index in [2.05, 4.69) is 25.7 Å². The molecule has 5 rings (SSSR count). The van der Waals surface area contributed by atoms with Crippen LogP contribution in [-0.4, -0.2) is 59.0 Å². The first-order valence-electron chi connectivity index (χ1n) is 13.2. The number of rotatable bonds is 6. The first-order valence-corrected chi connectivity index (χ1v) is 13.5. The predicted molar refractivity (Wildman–Crippen MR) is 148 cm³/mol. The van der Waals surface area contributed by atoms with Crippen molar-refractivity contribution in [2.45, 2.75) is 44.4 Å². The van der Waals surface area contributed by atoms with Crippen LogP contribution in [0.1, 0.15) is 55.3 Å². The Morgan fingerprint density at radius 3 is 2.18 bits per heavy atom. The molecule has 1 saturated heterocycles. The third-order valence-electron chi connectivity index (χ3n) is 7.59. The molecule has 0 radical (unpaired) electrons. The molecule has 2 aliphatic rings. The van der Waals surface area contributed by atoms with E-state index in [0.29, 0.717) is 36.6 Å². The van der Waals surface area contributed by atoms with Crippen LogP contribution in [0.3, 0.4) is 0 Å². The van der Waals surface area contributed by atoms with Crippen molar-refractivity contribution in [1.29, 1.82) is 0 Å². The Labute approximate surface area is 231 Å². The van der Waals surface area contributed by atoms with Gasteiger partial charge in [-0.2, -0.15) is 0 Å². The van der Waals surface area contributed by atoms with E-state index in [9.17, 15) is 14.4 Å². The van der Waals surface area contributed by atoms with E-state index >= 15 is 0 Å². The number of anilines is 3. The summed E-state index contributed by atoms with van der Waals surface area (Å²) in [5.74, 6) is -0.971. The van der Waals surface area contributed by atoms with E-state index in [-0.39, 0.29) is 23.7 Å². The lowest BCUT2D eigenvalue weighted by Gasteiger charge is -2.35. The third kappa shape index (κ3) is 5.90. The molecule has 10 nitrogen and oxygen atoms in total. The number of amides is 3. The molecule has 204 valence electrons. The van der Waals surface area contributed by atoms with Gasteiger partial charge < -0.3 is 19.5 Å². The molecule has 2 aromatic carbocycles. The van der Waals surface area contributed by atoms with Crippen LogP contribution in [0.4, 0.5) is 17.4 Å². The zero-order chi connectivity index (χ0) is 27.4. The summed E-state index contributed by atoms with van der Waals surface area (Å²) in [6.07, 6.45) is 4.33. The van der Waals surface area contributed by atoms with E-state index in [1.165, 1.54) is 0 Å². The fourth-order valence-electron chi connectivity index (χ4n) is 5.37. The molecular weight excluding hydrogens is 520 g/mol. The van der Waals surface area contributed by atoms with Crippen molar-refractivity contribution in [3.05, 3.63) is 65.0 Å². The molecule has 1 aliphatic carbocycles. The standard InChI is InChI=1S/C28H31ClN6O4/c1-19(36)34-15-17-35(18-16-34)23-11-9-22(10-12-23)30-24(37)25-32-33-27(39-25)31-26(38)28(13-3-2-4-14-28)20-5-7-21(29)8-6-20/h5-12H,2-4,13-18H2,1H3,(H,30,37)(H,31,33,38). The van der Waals surface area contributed by atoms with Crippen LogP contribution in [0.2, 0.25) is 5.02 Å². The normalized spacial score (nSPS) is 17.0. The maximum Gasteiger partial charge on any atom is 0.322 e. The maximum absolute atomic E-state index is 13.5. The fraction of sp³-hybridized carbons (Fsp3) is 0.393. The van der Waals surface area contributed by atoms with Crippen LogP contribution in [0.25, 0.3) is 0 Å². The van der Waals surface area contributed by atoms with Crippen LogP contribution < -0.4 is 15.5 Å². The zero-order valence-electron chi connectivity index (χ0n) is 21.8. The van der Waals surface area contributed by atoms with Gasteiger partial charge in [-0.15, -0.1) is 5.10 Å². The lowest BCUT2D eigenvalue weighted by molar-refractivity contribution is -0.129. The highest BCUT2D eigenvalue weighted by Crippen LogP contribution is 2.40. The van der Waals surface area contributed by atoms with Gasteiger partial charge in [0.15, 0.2) is 0 Å². The average Bonchev–Trinajstić information content (AvgIpc) is 3.43. The Balaban J connectivity index is 1.21. The van der Waals surface area contributed by atoms with Gasteiger partial charge in [-0.1, -0.05) is 48.1 Å². The van der Waals surface area contributed by atoms with Gasteiger partial charge in [0.1, 0.15) is 0 Å². The highest BCUT2D eigenvalue weighted by atomic mass is 35.5. The van der Waals surface area contributed by atoms with Gasteiger partial charge in [0.25, 0.3) is 0 Å². The fourth-order valence-corrected chi connectivity index (χ4v) is 5.50. The Kier molecular flexibility index (Phi) is 7.83. The molecule has 0 bridgehead atoms. The Morgan fingerprint density at radius 2 is 1.54 bits per heavy atom. The molecule has 1 aliphatic heterocycles. The van der Waals surface area contributed by atoms with Gasteiger partial charge in [-0.25, -0.2) is 0 Å². The van der Waals surface area contributed by atoms with E-state index in [4.69, 9.17) is 16.0 Å². The summed E-state index contributed by atoms with van der Waals surface area (Å²) in [5, 5.41) is 13.8. The summed E-state index contributed by atoms with van der Waals surface area (Å²) in [7, 11) is 0. The van der Waals surface area contributed by atoms with Crippen LogP contribution in [-0.2, 0) is 15.0 Å². The number of carbonyl (C=O) groups excluding carboxylic acids is 3. The summed E-state index contributed by atoms with van der Waals surface area (Å²) in [6, 6.07) is 14.6. The van der Waals surface area contributed by atoms with Crippen molar-refractivity contribution < 1.29 is 18.8 Å². The first kappa shape index (κ1) is 26.7. The molecule has 0 atom stereocenters. The predicted octanol–water partition coefficient (Wildman–Crippen LogP) is 4.48. The van der Waals surface area contributed by atoms with Gasteiger partial charge >= 0.3 is 17.8 Å². The smallest absolute Gasteiger partial charge is 0.322 e. The zero-order valence-corrected chi connectivity index (χ0v) is 22.5. The average molecular weight is 551 g/mol. The second-order valence-corrected chi connectivity index (χ2v) is 10.4. The van der Waals surface area contributed by atoms with Gasteiger partial charge in [0.2, 0.25) is 11.8 Å². The second-order valence-electron chi connectivity index (χ2n) is 10.0. The Morgan fingerprint density at radius 1 is 0.872 bits per heavy atom. The molecule has 11 heteroatoms. The first-order chi connectivity index (χ1) is 18.8. The molecule has 1 saturated carbocycles. The van der Waals surface area contributed by atoms with Crippen LogP contribution in [0, 0.1) is 0 Å². The van der Waals surface area contributed by atoms with E-state index in [1.54, 1.807) is 31.2 Å². The van der Waals surface area contributed by atoms with Crippen molar-refractivity contribution in [3.63, 3.8) is 0 Å². The maximum atomic E-state index is 13.5. The third-order valence-corrected chi connectivity index (χ3v) is 7.85. The number of benzene rings is 2. The lowest BCUT2D eigenvalue weighted by atomic mass is 9.69. The van der Waals surface area contributed by atoms with Gasteiger partial charge in [-0.05, 0) is 54.8 Å².